The van der Waals surface area contributed by atoms with Gasteiger partial charge in [0.25, 0.3) is 0 Å². The zero-order valence-electron chi connectivity index (χ0n) is 16.8. The molecule has 9 heteroatoms. The third-order valence-corrected chi connectivity index (χ3v) is 6.25. The Hall–Kier alpha value is -2.29. The molecule has 0 aliphatic carbocycles. The summed E-state index contributed by atoms with van der Waals surface area (Å²) in [7, 11) is -3.30. The average Bonchev–Trinajstić information content (AvgIpc) is 2.94. The van der Waals surface area contributed by atoms with E-state index in [0.717, 1.165) is 43.4 Å². The van der Waals surface area contributed by atoms with E-state index in [0.29, 0.717) is 12.1 Å². The van der Waals surface area contributed by atoms with Gasteiger partial charge in [-0.3, -0.25) is 9.52 Å². The monoisotopic (exact) mass is 450 g/mol. The summed E-state index contributed by atoms with van der Waals surface area (Å²) >= 11 is 0. The van der Waals surface area contributed by atoms with Crippen LogP contribution in [-0.4, -0.2) is 45.4 Å². The number of carbonyl (C=O) groups is 1. The smallest absolute Gasteiger partial charge is 0.247 e. The quantitative estimate of drug-likeness (QED) is 0.649. The Kier molecular flexibility index (Phi) is 6.59. The standard InChI is InChI=1S/C21H26N4O3S.ClH/c1-29(27,28)24-17-9-7-16(8-10-17)15-19-23-20(26)21(11-13-22-14-12-21)25(19)18-5-3-2-4-6-18;/h2-10,19,22,24H,11-15H2,1H3,(H,23,26);1H. The van der Waals surface area contributed by atoms with Crippen LogP contribution >= 0.6 is 12.4 Å². The van der Waals surface area contributed by atoms with E-state index < -0.39 is 15.6 Å². The summed E-state index contributed by atoms with van der Waals surface area (Å²) in [5.41, 5.74) is 2.06. The Bertz CT molecular complexity index is 977. The lowest BCUT2D eigenvalue weighted by Crippen LogP contribution is -2.57. The van der Waals surface area contributed by atoms with Gasteiger partial charge in [0.15, 0.2) is 0 Å². The number of amides is 1. The molecule has 4 rings (SSSR count). The van der Waals surface area contributed by atoms with E-state index >= 15 is 0 Å². The van der Waals surface area contributed by atoms with Crippen LogP contribution in [0.4, 0.5) is 11.4 Å². The van der Waals surface area contributed by atoms with Gasteiger partial charge in [-0.2, -0.15) is 0 Å². The number of carbonyl (C=O) groups excluding carboxylic acids is 1. The number of nitrogens with zero attached hydrogens (tertiary/aromatic N) is 1. The normalized spacial score (nSPS) is 20.5. The summed E-state index contributed by atoms with van der Waals surface area (Å²) in [4.78, 5) is 15.3. The summed E-state index contributed by atoms with van der Waals surface area (Å²) in [6, 6.07) is 17.4. The van der Waals surface area contributed by atoms with Crippen molar-refractivity contribution in [3.05, 3.63) is 60.2 Å². The number of sulfonamides is 1. The predicted octanol–water partition coefficient (Wildman–Crippen LogP) is 2.11. The van der Waals surface area contributed by atoms with Crippen molar-refractivity contribution in [2.45, 2.75) is 31.0 Å². The number of rotatable bonds is 5. The lowest BCUT2D eigenvalue weighted by molar-refractivity contribution is -0.124. The summed E-state index contributed by atoms with van der Waals surface area (Å²) in [6.45, 7) is 1.63. The molecule has 1 atom stereocenters. The van der Waals surface area contributed by atoms with Crippen LogP contribution in [0.3, 0.4) is 0 Å². The van der Waals surface area contributed by atoms with E-state index in [-0.39, 0.29) is 24.5 Å². The maximum Gasteiger partial charge on any atom is 0.247 e. The van der Waals surface area contributed by atoms with Crippen molar-refractivity contribution < 1.29 is 13.2 Å². The Morgan fingerprint density at radius 3 is 2.30 bits per heavy atom. The molecule has 2 fully saturated rings. The summed E-state index contributed by atoms with van der Waals surface area (Å²) in [5, 5.41) is 6.57. The minimum atomic E-state index is -3.30. The number of anilines is 2. The molecule has 30 heavy (non-hydrogen) atoms. The average molecular weight is 451 g/mol. The number of hydrogen-bond acceptors (Lipinski definition) is 5. The van der Waals surface area contributed by atoms with Gasteiger partial charge in [0.2, 0.25) is 15.9 Å². The zero-order valence-corrected chi connectivity index (χ0v) is 18.4. The molecule has 2 aromatic carbocycles. The van der Waals surface area contributed by atoms with Crippen LogP contribution in [0.2, 0.25) is 0 Å². The molecular weight excluding hydrogens is 424 g/mol. The Morgan fingerprint density at radius 1 is 1.07 bits per heavy atom. The van der Waals surface area contributed by atoms with E-state index in [1.54, 1.807) is 12.1 Å². The van der Waals surface area contributed by atoms with Crippen molar-refractivity contribution in [3.63, 3.8) is 0 Å². The van der Waals surface area contributed by atoms with Crippen molar-refractivity contribution in [3.8, 4) is 0 Å². The number of piperidine rings is 1. The van der Waals surface area contributed by atoms with Crippen LogP contribution in [0.25, 0.3) is 0 Å². The lowest BCUT2D eigenvalue weighted by Gasteiger charge is -2.42. The highest BCUT2D eigenvalue weighted by atomic mass is 35.5. The molecule has 1 spiro atoms. The topological polar surface area (TPSA) is 90.5 Å². The van der Waals surface area contributed by atoms with Gasteiger partial charge in [-0.25, -0.2) is 8.42 Å². The first kappa shape index (κ1) is 22.4. The fourth-order valence-electron chi connectivity index (χ4n) is 4.37. The molecule has 2 saturated heterocycles. The minimum absolute atomic E-state index is 0. The third-order valence-electron chi connectivity index (χ3n) is 5.64. The molecule has 2 aliphatic heterocycles. The van der Waals surface area contributed by atoms with Crippen molar-refractivity contribution in [1.82, 2.24) is 10.6 Å². The number of para-hydroxylation sites is 1. The van der Waals surface area contributed by atoms with E-state index in [2.05, 4.69) is 32.4 Å². The first-order valence-electron chi connectivity index (χ1n) is 9.80. The van der Waals surface area contributed by atoms with Gasteiger partial charge in [0.1, 0.15) is 11.7 Å². The van der Waals surface area contributed by atoms with Crippen molar-refractivity contribution >= 4 is 39.7 Å². The van der Waals surface area contributed by atoms with Crippen molar-refractivity contribution in [1.29, 1.82) is 0 Å². The third kappa shape index (κ3) is 4.55. The molecule has 1 amide bonds. The van der Waals surface area contributed by atoms with Gasteiger partial charge in [0, 0.05) is 17.8 Å². The molecule has 2 aliphatic rings. The van der Waals surface area contributed by atoms with Gasteiger partial charge in [0.05, 0.1) is 6.26 Å². The van der Waals surface area contributed by atoms with E-state index in [9.17, 15) is 13.2 Å². The van der Waals surface area contributed by atoms with Crippen molar-refractivity contribution in [2.24, 2.45) is 0 Å². The molecule has 0 aromatic heterocycles. The summed E-state index contributed by atoms with van der Waals surface area (Å²) in [5.74, 6) is 0.0863. The van der Waals surface area contributed by atoms with Gasteiger partial charge < -0.3 is 15.5 Å². The maximum absolute atomic E-state index is 13.1. The van der Waals surface area contributed by atoms with E-state index in [1.807, 2.05) is 30.3 Å². The second-order valence-electron chi connectivity index (χ2n) is 7.75. The predicted molar refractivity (Wildman–Crippen MR) is 122 cm³/mol. The molecule has 0 radical (unpaired) electrons. The molecule has 162 valence electrons. The van der Waals surface area contributed by atoms with E-state index in [4.69, 9.17) is 0 Å². The molecule has 1 unspecified atom stereocenters. The SMILES string of the molecule is CS(=O)(=O)Nc1ccc(CC2NC(=O)C3(CCNCC3)N2c2ccccc2)cc1.Cl. The van der Waals surface area contributed by atoms with Gasteiger partial charge >= 0.3 is 0 Å². The zero-order chi connectivity index (χ0) is 20.5. The van der Waals surface area contributed by atoms with Crippen LogP contribution in [-0.2, 0) is 21.2 Å². The molecule has 0 bridgehead atoms. The number of nitrogens with one attached hydrogen (secondary N) is 3. The van der Waals surface area contributed by atoms with E-state index in [1.165, 1.54) is 0 Å². The van der Waals surface area contributed by atoms with Gasteiger partial charge in [-0.15, -0.1) is 12.4 Å². The molecule has 2 heterocycles. The number of benzene rings is 2. The highest BCUT2D eigenvalue weighted by molar-refractivity contribution is 7.92. The second-order valence-corrected chi connectivity index (χ2v) is 9.50. The fourth-order valence-corrected chi connectivity index (χ4v) is 4.93. The largest absolute Gasteiger partial charge is 0.336 e. The Labute approximate surface area is 183 Å². The fraction of sp³-hybridized carbons (Fsp3) is 0.381. The minimum Gasteiger partial charge on any atom is -0.336 e. The summed E-state index contributed by atoms with van der Waals surface area (Å²) in [6.07, 6.45) is 3.14. The first-order valence-corrected chi connectivity index (χ1v) is 11.7. The van der Waals surface area contributed by atoms with Crippen molar-refractivity contribution in [2.75, 3.05) is 29.0 Å². The van der Waals surface area contributed by atoms with Crippen LogP contribution < -0.4 is 20.3 Å². The molecule has 2 aromatic rings. The van der Waals surface area contributed by atoms with Gasteiger partial charge in [-0.05, 0) is 55.8 Å². The molecule has 7 nitrogen and oxygen atoms in total. The molecular formula is C21H27ClN4O3S. The first-order chi connectivity index (χ1) is 13.9. The second kappa shape index (κ2) is 8.83. The molecule has 0 saturated carbocycles. The highest BCUT2D eigenvalue weighted by Gasteiger charge is 2.53. The highest BCUT2D eigenvalue weighted by Crippen LogP contribution is 2.38. The maximum atomic E-state index is 13.1. The van der Waals surface area contributed by atoms with Crippen LogP contribution in [0, 0.1) is 0 Å². The van der Waals surface area contributed by atoms with Crippen LogP contribution in [0.15, 0.2) is 54.6 Å². The van der Waals surface area contributed by atoms with Crippen LogP contribution in [0.1, 0.15) is 18.4 Å². The number of halogens is 1. The van der Waals surface area contributed by atoms with Gasteiger partial charge in [-0.1, -0.05) is 30.3 Å². The Morgan fingerprint density at radius 2 is 1.70 bits per heavy atom. The Balaban J connectivity index is 0.00000256. The summed E-state index contributed by atoms with van der Waals surface area (Å²) < 4.78 is 25.3. The number of hydrogen-bond donors (Lipinski definition) is 3. The molecule has 3 N–H and O–H groups in total. The van der Waals surface area contributed by atoms with Crippen LogP contribution in [0.5, 0.6) is 0 Å². The lowest BCUT2D eigenvalue weighted by atomic mass is 9.86.